The number of nitriles is 1. The first-order chi connectivity index (χ1) is 9.81. The van der Waals surface area contributed by atoms with E-state index in [4.69, 9.17) is 0 Å². The molecular weight excluding hydrogens is 248 g/mol. The summed E-state index contributed by atoms with van der Waals surface area (Å²) in [5.74, 6) is 0. The van der Waals surface area contributed by atoms with Gasteiger partial charge >= 0.3 is 0 Å². The van der Waals surface area contributed by atoms with Crippen molar-refractivity contribution in [2.24, 2.45) is 0 Å². The smallest absolute Gasteiger partial charge is 0.0641 e. The first kappa shape index (κ1) is 13.2. The summed E-state index contributed by atoms with van der Waals surface area (Å²) in [6.07, 6.45) is 0.544. The van der Waals surface area contributed by atoms with Gasteiger partial charge in [-0.05, 0) is 18.6 Å². The molecule has 0 spiro atoms. The molecular formula is C16H20N4. The Balaban J connectivity index is 2.04. The quantitative estimate of drug-likeness (QED) is 0.898. The maximum atomic E-state index is 9.23. The maximum Gasteiger partial charge on any atom is 0.0641 e. The fourth-order valence-corrected chi connectivity index (χ4v) is 3.22. The average molecular weight is 268 g/mol. The van der Waals surface area contributed by atoms with E-state index in [1.165, 1.54) is 16.6 Å². The Morgan fingerprint density at radius 2 is 2.05 bits per heavy atom. The number of fused-ring (bicyclic) bond motifs is 1. The number of aryl methyl sites for hydroxylation is 1. The van der Waals surface area contributed by atoms with Crippen LogP contribution in [-0.4, -0.2) is 36.1 Å². The van der Waals surface area contributed by atoms with Crippen LogP contribution in [0.15, 0.2) is 24.3 Å². The number of para-hydroxylation sites is 1. The van der Waals surface area contributed by atoms with Crippen molar-refractivity contribution in [2.45, 2.75) is 19.4 Å². The van der Waals surface area contributed by atoms with Gasteiger partial charge in [0, 0.05) is 42.8 Å². The van der Waals surface area contributed by atoms with Crippen molar-refractivity contribution in [3.05, 3.63) is 35.5 Å². The van der Waals surface area contributed by atoms with Crippen LogP contribution in [0.25, 0.3) is 10.9 Å². The second-order valence-electron chi connectivity index (χ2n) is 5.37. The van der Waals surface area contributed by atoms with Crippen LogP contribution in [0.5, 0.6) is 0 Å². The highest BCUT2D eigenvalue weighted by molar-refractivity contribution is 5.85. The van der Waals surface area contributed by atoms with Crippen LogP contribution in [0.2, 0.25) is 0 Å². The van der Waals surface area contributed by atoms with E-state index in [1.807, 2.05) is 6.07 Å². The number of hydrogen-bond acceptors (Lipinski definition) is 3. The van der Waals surface area contributed by atoms with Gasteiger partial charge < -0.3 is 10.3 Å². The largest absolute Gasteiger partial charge is 0.358 e. The fraction of sp³-hybridized carbons (Fsp3) is 0.438. The van der Waals surface area contributed by atoms with E-state index < -0.39 is 0 Å². The van der Waals surface area contributed by atoms with Crippen LogP contribution in [-0.2, 0) is 0 Å². The predicted molar refractivity (Wildman–Crippen MR) is 80.4 cm³/mol. The Hall–Kier alpha value is -1.83. The lowest BCUT2D eigenvalue weighted by atomic mass is 9.98. The number of aromatic amines is 1. The van der Waals surface area contributed by atoms with Crippen molar-refractivity contribution in [1.29, 1.82) is 5.26 Å². The van der Waals surface area contributed by atoms with Crippen molar-refractivity contribution >= 4 is 10.9 Å². The zero-order valence-electron chi connectivity index (χ0n) is 11.8. The molecule has 2 aromatic rings. The van der Waals surface area contributed by atoms with Crippen molar-refractivity contribution in [1.82, 2.24) is 15.2 Å². The molecule has 0 aliphatic carbocycles. The van der Waals surface area contributed by atoms with Gasteiger partial charge in [0.25, 0.3) is 0 Å². The van der Waals surface area contributed by atoms with E-state index in [0.717, 1.165) is 31.7 Å². The number of H-pyrrole nitrogens is 1. The van der Waals surface area contributed by atoms with E-state index >= 15 is 0 Å². The van der Waals surface area contributed by atoms with E-state index in [2.05, 4.69) is 46.4 Å². The SMILES string of the molecule is Cc1[nH]c2ccccc2c1[C@@H](CC#N)N1CCNCC1. The molecule has 0 radical (unpaired) electrons. The number of aromatic nitrogens is 1. The molecule has 1 aliphatic rings. The number of hydrogen-bond donors (Lipinski definition) is 2. The topological polar surface area (TPSA) is 54.9 Å². The average Bonchev–Trinajstić information content (AvgIpc) is 2.82. The van der Waals surface area contributed by atoms with Crippen molar-refractivity contribution < 1.29 is 0 Å². The highest BCUT2D eigenvalue weighted by Crippen LogP contribution is 2.33. The van der Waals surface area contributed by atoms with Gasteiger partial charge in [-0.25, -0.2) is 0 Å². The Morgan fingerprint density at radius 3 is 2.80 bits per heavy atom. The first-order valence-electron chi connectivity index (χ1n) is 7.20. The van der Waals surface area contributed by atoms with Crippen LogP contribution >= 0.6 is 0 Å². The van der Waals surface area contributed by atoms with Gasteiger partial charge in [0.2, 0.25) is 0 Å². The molecule has 3 rings (SSSR count). The summed E-state index contributed by atoms with van der Waals surface area (Å²) in [7, 11) is 0. The molecule has 1 saturated heterocycles. The van der Waals surface area contributed by atoms with E-state index in [9.17, 15) is 5.26 Å². The number of nitrogens with one attached hydrogen (secondary N) is 2. The predicted octanol–water partition coefficient (Wildman–Crippen LogP) is 2.34. The van der Waals surface area contributed by atoms with Gasteiger partial charge in [0.15, 0.2) is 0 Å². The zero-order valence-corrected chi connectivity index (χ0v) is 11.8. The van der Waals surface area contributed by atoms with Gasteiger partial charge in [-0.15, -0.1) is 0 Å². The van der Waals surface area contributed by atoms with Gasteiger partial charge in [-0.2, -0.15) is 5.26 Å². The number of nitrogens with zero attached hydrogens (tertiary/aromatic N) is 2. The highest BCUT2D eigenvalue weighted by Gasteiger charge is 2.25. The molecule has 4 nitrogen and oxygen atoms in total. The van der Waals surface area contributed by atoms with Crippen molar-refractivity contribution in [3.63, 3.8) is 0 Å². The summed E-state index contributed by atoms with van der Waals surface area (Å²) in [6, 6.07) is 10.9. The highest BCUT2D eigenvalue weighted by atomic mass is 15.2. The molecule has 1 fully saturated rings. The Kier molecular flexibility index (Phi) is 3.72. The lowest BCUT2D eigenvalue weighted by molar-refractivity contribution is 0.176. The summed E-state index contributed by atoms with van der Waals surface area (Å²) >= 11 is 0. The molecule has 0 saturated carbocycles. The number of piperazine rings is 1. The van der Waals surface area contributed by atoms with E-state index in [-0.39, 0.29) is 6.04 Å². The van der Waals surface area contributed by atoms with Gasteiger partial charge in [0.1, 0.15) is 0 Å². The zero-order chi connectivity index (χ0) is 13.9. The van der Waals surface area contributed by atoms with E-state index in [1.54, 1.807) is 0 Å². The molecule has 1 aliphatic heterocycles. The maximum absolute atomic E-state index is 9.23. The third kappa shape index (κ3) is 2.31. The number of benzene rings is 1. The van der Waals surface area contributed by atoms with Crippen LogP contribution < -0.4 is 5.32 Å². The summed E-state index contributed by atoms with van der Waals surface area (Å²) in [5.41, 5.74) is 3.65. The molecule has 0 bridgehead atoms. The molecule has 1 aromatic carbocycles. The molecule has 1 atom stereocenters. The van der Waals surface area contributed by atoms with Crippen LogP contribution in [0.1, 0.15) is 23.7 Å². The normalized spacial score (nSPS) is 18.0. The molecule has 104 valence electrons. The minimum Gasteiger partial charge on any atom is -0.358 e. The van der Waals surface area contributed by atoms with Gasteiger partial charge in [-0.1, -0.05) is 18.2 Å². The molecule has 0 unspecified atom stereocenters. The molecule has 2 N–H and O–H groups in total. The van der Waals surface area contributed by atoms with Gasteiger partial charge in [-0.3, -0.25) is 4.90 Å². The summed E-state index contributed by atoms with van der Waals surface area (Å²) in [5, 5.41) is 13.9. The van der Waals surface area contributed by atoms with Gasteiger partial charge in [0.05, 0.1) is 18.5 Å². The Labute approximate surface area is 119 Å². The lowest BCUT2D eigenvalue weighted by Crippen LogP contribution is -2.45. The molecule has 2 heterocycles. The standard InChI is InChI=1S/C16H20N4/c1-12-16(13-4-2-3-5-14(13)19-12)15(6-7-17)20-10-8-18-9-11-20/h2-5,15,18-19H,6,8-11H2,1H3/t15-/m1/s1. The second-order valence-corrected chi connectivity index (χ2v) is 5.37. The Morgan fingerprint density at radius 1 is 1.30 bits per heavy atom. The molecule has 0 amide bonds. The molecule has 1 aromatic heterocycles. The lowest BCUT2D eigenvalue weighted by Gasteiger charge is -2.34. The molecule has 4 heteroatoms. The third-order valence-electron chi connectivity index (χ3n) is 4.15. The summed E-state index contributed by atoms with van der Waals surface area (Å²) < 4.78 is 0. The fourth-order valence-electron chi connectivity index (χ4n) is 3.22. The van der Waals surface area contributed by atoms with Crippen LogP contribution in [0.4, 0.5) is 0 Å². The summed E-state index contributed by atoms with van der Waals surface area (Å²) in [4.78, 5) is 5.89. The first-order valence-corrected chi connectivity index (χ1v) is 7.20. The summed E-state index contributed by atoms with van der Waals surface area (Å²) in [6.45, 7) is 6.13. The van der Waals surface area contributed by atoms with E-state index in [0.29, 0.717) is 6.42 Å². The van der Waals surface area contributed by atoms with Crippen molar-refractivity contribution in [3.8, 4) is 6.07 Å². The van der Waals surface area contributed by atoms with Crippen LogP contribution in [0, 0.1) is 18.3 Å². The van der Waals surface area contributed by atoms with Crippen molar-refractivity contribution in [2.75, 3.05) is 26.2 Å². The third-order valence-corrected chi connectivity index (χ3v) is 4.15. The molecule has 20 heavy (non-hydrogen) atoms. The minimum atomic E-state index is 0.193. The second kappa shape index (κ2) is 5.66. The van der Waals surface area contributed by atoms with Crippen LogP contribution in [0.3, 0.4) is 0 Å². The minimum absolute atomic E-state index is 0.193. The number of rotatable bonds is 3. The Bertz CT molecular complexity index is 631. The monoisotopic (exact) mass is 268 g/mol.